The fourth-order valence-electron chi connectivity index (χ4n) is 0. The van der Waals surface area contributed by atoms with Gasteiger partial charge >= 0.3 is 12.2 Å². The van der Waals surface area contributed by atoms with Crippen molar-refractivity contribution >= 4 is 12.2 Å². The molecule has 0 bridgehead atoms. The van der Waals surface area contributed by atoms with Gasteiger partial charge in [-0.3, -0.25) is 0 Å². The molecule has 0 spiro atoms. The summed E-state index contributed by atoms with van der Waals surface area (Å²) in [6.45, 7) is 0. The quantitative estimate of drug-likeness (QED) is 0.409. The Morgan fingerprint density at radius 3 is 1.56 bits per heavy atom. The zero-order valence-corrected chi connectivity index (χ0v) is 4.83. The van der Waals surface area contributed by atoms with Gasteiger partial charge in [0.1, 0.15) is 0 Å². The molecule has 0 saturated heterocycles. The molecule has 54 valence electrons. The lowest BCUT2D eigenvalue weighted by molar-refractivity contribution is 0.182. The van der Waals surface area contributed by atoms with E-state index in [-0.39, 0.29) is 0 Å². The van der Waals surface area contributed by atoms with Gasteiger partial charge < -0.3 is 21.3 Å². The van der Waals surface area contributed by atoms with E-state index in [4.69, 9.17) is 9.90 Å². The summed E-state index contributed by atoms with van der Waals surface area (Å²) in [7, 11) is 1.22. The van der Waals surface area contributed by atoms with Crippen LogP contribution in [0.5, 0.6) is 0 Å². The molecule has 0 aliphatic rings. The van der Waals surface area contributed by atoms with Crippen molar-refractivity contribution in [2.24, 2.45) is 11.5 Å². The van der Waals surface area contributed by atoms with Crippen molar-refractivity contribution < 1.29 is 19.4 Å². The zero-order chi connectivity index (χ0) is 7.86. The predicted octanol–water partition coefficient (Wildman–Crippen LogP) is -0.665. The monoisotopic (exact) mass is 136 g/mol. The number of amides is 2. The molecule has 0 radical (unpaired) electrons. The van der Waals surface area contributed by atoms with E-state index in [0.29, 0.717) is 0 Å². The van der Waals surface area contributed by atoms with Crippen LogP contribution >= 0.6 is 0 Å². The Bertz CT molecular complexity index is 98.0. The smallest absolute Gasteiger partial charge is 0.404 e. The summed E-state index contributed by atoms with van der Waals surface area (Å²) in [5.74, 6) is 0. The minimum absolute atomic E-state index is 0.745. The maximum Gasteiger partial charge on any atom is 0.404 e. The molecule has 0 aromatic heterocycles. The highest BCUT2D eigenvalue weighted by Gasteiger charge is 1.76. The van der Waals surface area contributed by atoms with E-state index >= 15 is 0 Å². The van der Waals surface area contributed by atoms with Crippen molar-refractivity contribution in [3.8, 4) is 0 Å². The number of carbonyl (C=O) groups is 2. The van der Waals surface area contributed by atoms with Gasteiger partial charge in [-0.1, -0.05) is 0 Å². The van der Waals surface area contributed by atoms with Crippen LogP contribution in [0.1, 0.15) is 0 Å². The van der Waals surface area contributed by atoms with E-state index in [0.717, 1.165) is 0 Å². The number of primary amides is 2. The van der Waals surface area contributed by atoms with Gasteiger partial charge in [0.2, 0.25) is 0 Å². The minimum atomic E-state index is -1.33. The summed E-state index contributed by atoms with van der Waals surface area (Å²) >= 11 is 0. The highest BCUT2D eigenvalue weighted by Crippen LogP contribution is 1.55. The van der Waals surface area contributed by atoms with E-state index in [1.54, 1.807) is 0 Å². The van der Waals surface area contributed by atoms with Crippen LogP contribution in [0.25, 0.3) is 0 Å². The molecule has 6 nitrogen and oxygen atoms in total. The molecule has 0 rings (SSSR count). The van der Waals surface area contributed by atoms with Crippen molar-refractivity contribution in [1.82, 2.24) is 0 Å². The number of methoxy groups -OCH3 is 1. The first-order valence-corrected chi connectivity index (χ1v) is 1.82. The molecule has 0 fully saturated rings. The Balaban J connectivity index is 0. The third-order valence-electron chi connectivity index (χ3n) is 0.201. The molecule has 0 heterocycles. The predicted molar refractivity (Wildman–Crippen MR) is 28.8 cm³/mol. The van der Waals surface area contributed by atoms with Crippen LogP contribution in [0.4, 0.5) is 9.59 Å². The first kappa shape index (κ1) is 10.5. The number of carboxylic acid groups (broad SMARTS) is 1. The molecule has 0 aromatic carbocycles. The number of rotatable bonds is 0. The summed E-state index contributed by atoms with van der Waals surface area (Å²) in [4.78, 5) is 18.1. The van der Waals surface area contributed by atoms with Crippen LogP contribution in [0.2, 0.25) is 0 Å². The summed E-state index contributed by atoms with van der Waals surface area (Å²) in [6, 6.07) is 0. The van der Waals surface area contributed by atoms with Gasteiger partial charge in [-0.2, -0.15) is 0 Å². The number of hydrogen-bond donors (Lipinski definition) is 3. The van der Waals surface area contributed by atoms with Gasteiger partial charge in [-0.15, -0.1) is 0 Å². The van der Waals surface area contributed by atoms with Crippen molar-refractivity contribution in [2.45, 2.75) is 0 Å². The largest absolute Gasteiger partial charge is 0.465 e. The Morgan fingerprint density at radius 1 is 1.44 bits per heavy atom. The molecule has 5 N–H and O–H groups in total. The Hall–Kier alpha value is -1.46. The molecular formula is C3H8N2O4. The minimum Gasteiger partial charge on any atom is -0.465 e. The summed E-state index contributed by atoms with van der Waals surface area (Å²) in [6.07, 6.45) is -2.08. The van der Waals surface area contributed by atoms with E-state index in [1.807, 2.05) is 0 Å². The van der Waals surface area contributed by atoms with E-state index in [2.05, 4.69) is 16.2 Å². The molecule has 0 aliphatic carbocycles. The van der Waals surface area contributed by atoms with Crippen molar-refractivity contribution in [2.75, 3.05) is 7.11 Å². The maximum absolute atomic E-state index is 9.37. The topological polar surface area (TPSA) is 116 Å². The van der Waals surface area contributed by atoms with Crippen LogP contribution in [-0.4, -0.2) is 24.4 Å². The fourth-order valence-corrected chi connectivity index (χ4v) is 0. The maximum atomic E-state index is 9.37. The third kappa shape index (κ3) is 462. The summed E-state index contributed by atoms with van der Waals surface area (Å²) in [5, 5.41) is 7.19. The number of carbonyl (C=O) groups excluding carboxylic acids is 1. The van der Waals surface area contributed by atoms with E-state index < -0.39 is 12.2 Å². The Labute approximate surface area is 51.4 Å². The standard InChI is InChI=1S/C2H5NO2.CH3NO2/c1-5-2(3)4;2-1(3)4/h1H3,(H2,3,4);2H2,(H,3,4). The first-order chi connectivity index (χ1) is 4.00. The van der Waals surface area contributed by atoms with Gasteiger partial charge in [0.25, 0.3) is 0 Å². The van der Waals surface area contributed by atoms with Crippen LogP contribution in [-0.2, 0) is 4.74 Å². The summed E-state index contributed by atoms with van der Waals surface area (Å²) in [5.41, 5.74) is 8.46. The molecule has 0 atom stereocenters. The fraction of sp³-hybridized carbons (Fsp3) is 0.333. The van der Waals surface area contributed by atoms with E-state index in [1.165, 1.54) is 7.11 Å². The second-order valence-electron chi connectivity index (χ2n) is 0.861. The van der Waals surface area contributed by atoms with Crippen molar-refractivity contribution in [1.29, 1.82) is 0 Å². The molecule has 0 unspecified atom stereocenters. The average molecular weight is 136 g/mol. The van der Waals surface area contributed by atoms with Crippen LogP contribution in [0, 0.1) is 0 Å². The lowest BCUT2D eigenvalue weighted by Gasteiger charge is -1.81. The first-order valence-electron chi connectivity index (χ1n) is 1.82. The highest BCUT2D eigenvalue weighted by atomic mass is 16.5. The lowest BCUT2D eigenvalue weighted by atomic mass is 11.3. The van der Waals surface area contributed by atoms with Crippen LogP contribution in [0.15, 0.2) is 0 Å². The molecular weight excluding hydrogens is 128 g/mol. The molecule has 6 heteroatoms. The molecule has 0 aliphatic heterocycles. The van der Waals surface area contributed by atoms with E-state index in [9.17, 15) is 4.79 Å². The molecule has 2 amide bonds. The van der Waals surface area contributed by atoms with Crippen molar-refractivity contribution in [3.05, 3.63) is 0 Å². The number of ether oxygens (including phenoxy) is 1. The Morgan fingerprint density at radius 2 is 1.56 bits per heavy atom. The third-order valence-corrected chi connectivity index (χ3v) is 0.201. The molecule has 9 heavy (non-hydrogen) atoms. The zero-order valence-electron chi connectivity index (χ0n) is 4.83. The molecule has 0 aromatic rings. The van der Waals surface area contributed by atoms with Gasteiger partial charge in [0.05, 0.1) is 7.11 Å². The highest BCUT2D eigenvalue weighted by molar-refractivity contribution is 5.64. The van der Waals surface area contributed by atoms with Gasteiger partial charge in [0.15, 0.2) is 0 Å². The van der Waals surface area contributed by atoms with Gasteiger partial charge in [-0.05, 0) is 0 Å². The number of hydrogen-bond acceptors (Lipinski definition) is 3. The van der Waals surface area contributed by atoms with Crippen LogP contribution in [0.3, 0.4) is 0 Å². The van der Waals surface area contributed by atoms with Crippen molar-refractivity contribution in [3.63, 3.8) is 0 Å². The lowest BCUT2D eigenvalue weighted by Crippen LogP contribution is -2.08. The molecule has 0 saturated carbocycles. The summed E-state index contributed by atoms with van der Waals surface area (Å²) < 4.78 is 3.89. The Kier molecular flexibility index (Phi) is 7.64. The SMILES string of the molecule is COC(N)=O.NC(=O)O. The average Bonchev–Trinajstić information content (AvgIpc) is 1.65. The number of nitrogens with two attached hydrogens (primary N) is 2. The van der Waals surface area contributed by atoms with Gasteiger partial charge in [-0.25, -0.2) is 9.59 Å². The van der Waals surface area contributed by atoms with Gasteiger partial charge in [0, 0.05) is 0 Å². The second-order valence-corrected chi connectivity index (χ2v) is 0.861. The normalized spacial score (nSPS) is 6.33. The second kappa shape index (κ2) is 6.54. The van der Waals surface area contributed by atoms with Crippen LogP contribution < -0.4 is 11.5 Å².